The average molecular weight is 448 g/mol. The fraction of sp³-hybridized carbons (Fsp3) is 0.217. The van der Waals surface area contributed by atoms with E-state index in [1.807, 2.05) is 53.2 Å². The van der Waals surface area contributed by atoms with E-state index in [2.05, 4.69) is 28.5 Å². The maximum absolute atomic E-state index is 12.0. The van der Waals surface area contributed by atoms with Crippen LogP contribution in [0.5, 0.6) is 0 Å². The number of thioether (sulfide) groups is 1. The van der Waals surface area contributed by atoms with E-state index in [-0.39, 0.29) is 11.9 Å². The highest BCUT2D eigenvalue weighted by Gasteiger charge is 2.34. The molecule has 4 aromatic rings. The topological polar surface area (TPSA) is 63.9 Å². The molecule has 1 aliphatic rings. The smallest absolute Gasteiger partial charge is 0.225 e. The molecule has 8 heteroatoms. The molecule has 2 aromatic carbocycles. The molecule has 0 bridgehead atoms. The lowest BCUT2D eigenvalue weighted by molar-refractivity contribution is -0.116. The summed E-state index contributed by atoms with van der Waals surface area (Å²) in [6.07, 6.45) is 4.17. The third kappa shape index (κ3) is 4.40. The van der Waals surface area contributed by atoms with Gasteiger partial charge in [-0.1, -0.05) is 71.6 Å². The first-order valence-corrected chi connectivity index (χ1v) is 11.9. The van der Waals surface area contributed by atoms with Gasteiger partial charge in [0.15, 0.2) is 4.34 Å². The zero-order valence-corrected chi connectivity index (χ0v) is 18.6. The zero-order chi connectivity index (χ0) is 21.2. The van der Waals surface area contributed by atoms with Gasteiger partial charge in [0.05, 0.1) is 11.4 Å². The van der Waals surface area contributed by atoms with Crippen LogP contribution in [0, 0.1) is 0 Å². The van der Waals surface area contributed by atoms with Crippen molar-refractivity contribution in [2.75, 3.05) is 4.90 Å². The number of carbonyl (C=O) groups excluding carboxylic acids is 1. The van der Waals surface area contributed by atoms with Crippen LogP contribution in [-0.2, 0) is 10.5 Å². The van der Waals surface area contributed by atoms with Crippen molar-refractivity contribution in [2.45, 2.75) is 35.9 Å². The van der Waals surface area contributed by atoms with Crippen molar-refractivity contribution in [3.63, 3.8) is 0 Å². The Kier molecular flexibility index (Phi) is 5.57. The minimum Gasteiger partial charge on any atom is -0.284 e. The van der Waals surface area contributed by atoms with Crippen molar-refractivity contribution in [1.29, 1.82) is 0 Å². The monoisotopic (exact) mass is 447 g/mol. The highest BCUT2D eigenvalue weighted by Crippen LogP contribution is 2.37. The highest BCUT2D eigenvalue weighted by atomic mass is 32.2. The van der Waals surface area contributed by atoms with Crippen LogP contribution in [-0.4, -0.2) is 31.9 Å². The van der Waals surface area contributed by atoms with Crippen molar-refractivity contribution in [2.24, 2.45) is 0 Å². The van der Waals surface area contributed by atoms with E-state index in [4.69, 9.17) is 5.10 Å². The van der Waals surface area contributed by atoms with Gasteiger partial charge < -0.3 is 0 Å². The van der Waals surface area contributed by atoms with Gasteiger partial charge in [-0.2, -0.15) is 5.10 Å². The lowest BCUT2D eigenvalue weighted by Gasteiger charge is -2.15. The SMILES string of the molecule is CC(=O)N(c1nnc(SCc2cn(-c3ccccc3)nc2-c2ccccc2)s1)C1CC1. The Hall–Kier alpha value is -2.97. The molecule has 31 heavy (non-hydrogen) atoms. The average Bonchev–Trinajstić information content (AvgIpc) is 3.35. The summed E-state index contributed by atoms with van der Waals surface area (Å²) < 4.78 is 2.78. The van der Waals surface area contributed by atoms with Crippen molar-refractivity contribution >= 4 is 34.1 Å². The fourth-order valence-electron chi connectivity index (χ4n) is 3.45. The predicted molar refractivity (Wildman–Crippen MR) is 125 cm³/mol. The third-order valence-electron chi connectivity index (χ3n) is 5.06. The standard InChI is InChI=1S/C23H21N5OS2/c1-16(29)28(20-12-13-20)22-24-25-23(31-22)30-15-18-14-27(19-10-6-3-7-11-19)26-21(18)17-8-4-2-5-9-17/h2-11,14,20H,12-13,15H2,1H3. The molecule has 0 radical (unpaired) electrons. The number of nitrogens with zero attached hydrogens (tertiary/aromatic N) is 5. The number of hydrogen-bond donors (Lipinski definition) is 0. The van der Waals surface area contributed by atoms with E-state index in [1.54, 1.807) is 23.6 Å². The quantitative estimate of drug-likeness (QED) is 0.288. The molecule has 2 aromatic heterocycles. The summed E-state index contributed by atoms with van der Waals surface area (Å²) >= 11 is 3.11. The molecule has 0 unspecified atom stereocenters. The Morgan fingerprint density at radius 3 is 2.48 bits per heavy atom. The fourth-order valence-corrected chi connectivity index (χ4v) is 5.37. The van der Waals surface area contributed by atoms with Crippen LogP contribution in [0.1, 0.15) is 25.3 Å². The highest BCUT2D eigenvalue weighted by molar-refractivity contribution is 8.00. The van der Waals surface area contributed by atoms with Crippen molar-refractivity contribution in [1.82, 2.24) is 20.0 Å². The number of para-hydroxylation sites is 1. The number of hydrogen-bond acceptors (Lipinski definition) is 6. The van der Waals surface area contributed by atoms with Crippen molar-refractivity contribution in [3.05, 3.63) is 72.4 Å². The lowest BCUT2D eigenvalue weighted by atomic mass is 10.1. The van der Waals surface area contributed by atoms with Crippen molar-refractivity contribution < 1.29 is 4.79 Å². The Labute approximate surface area is 188 Å². The summed E-state index contributed by atoms with van der Waals surface area (Å²) in [5, 5.41) is 14.2. The molecule has 6 nitrogen and oxygen atoms in total. The molecule has 156 valence electrons. The number of anilines is 1. The van der Waals surface area contributed by atoms with Crippen LogP contribution < -0.4 is 4.90 Å². The number of rotatable bonds is 7. The van der Waals surface area contributed by atoms with Gasteiger partial charge in [-0.25, -0.2) is 4.68 Å². The zero-order valence-electron chi connectivity index (χ0n) is 17.0. The molecule has 0 saturated heterocycles. The molecule has 0 atom stereocenters. The molecule has 1 saturated carbocycles. The molecule has 1 fully saturated rings. The van der Waals surface area contributed by atoms with E-state index in [9.17, 15) is 4.79 Å². The maximum Gasteiger partial charge on any atom is 0.225 e. The normalized spacial score (nSPS) is 13.3. The molecular formula is C23H21N5OS2. The van der Waals surface area contributed by atoms with Gasteiger partial charge in [-0.3, -0.25) is 9.69 Å². The van der Waals surface area contributed by atoms with Gasteiger partial charge in [0.1, 0.15) is 0 Å². The van der Waals surface area contributed by atoms with Crippen LogP contribution in [0.4, 0.5) is 5.13 Å². The Balaban J connectivity index is 1.40. The summed E-state index contributed by atoms with van der Waals surface area (Å²) in [5.74, 6) is 0.751. The maximum atomic E-state index is 12.0. The second kappa shape index (κ2) is 8.64. The van der Waals surface area contributed by atoms with Crippen LogP contribution in [0.25, 0.3) is 16.9 Å². The third-order valence-corrected chi connectivity index (χ3v) is 7.17. The minimum atomic E-state index is 0.0331. The predicted octanol–water partition coefficient (Wildman–Crippen LogP) is 5.20. The first-order chi connectivity index (χ1) is 15.2. The number of aromatic nitrogens is 4. The Morgan fingerprint density at radius 1 is 1.10 bits per heavy atom. The van der Waals surface area contributed by atoms with Crippen molar-refractivity contribution in [3.8, 4) is 16.9 Å². The van der Waals surface area contributed by atoms with Crippen LogP contribution in [0.15, 0.2) is 71.2 Å². The van der Waals surface area contributed by atoms with Crippen LogP contribution >= 0.6 is 23.1 Å². The molecule has 2 heterocycles. The molecule has 0 spiro atoms. The van der Waals surface area contributed by atoms with E-state index >= 15 is 0 Å². The van der Waals surface area contributed by atoms with Crippen LogP contribution in [0.3, 0.4) is 0 Å². The summed E-state index contributed by atoms with van der Waals surface area (Å²) in [4.78, 5) is 13.8. The van der Waals surface area contributed by atoms with Gasteiger partial charge in [-0.15, -0.1) is 10.2 Å². The lowest BCUT2D eigenvalue weighted by Crippen LogP contribution is -2.30. The van der Waals surface area contributed by atoms with Gasteiger partial charge in [0.2, 0.25) is 11.0 Å². The minimum absolute atomic E-state index is 0.0331. The summed E-state index contributed by atoms with van der Waals surface area (Å²) in [6, 6.07) is 20.6. The molecule has 5 rings (SSSR count). The number of carbonyl (C=O) groups is 1. The molecular weight excluding hydrogens is 426 g/mol. The molecule has 1 amide bonds. The summed E-state index contributed by atoms with van der Waals surface area (Å²) in [5.41, 5.74) is 4.20. The largest absolute Gasteiger partial charge is 0.284 e. The Morgan fingerprint density at radius 2 is 1.81 bits per heavy atom. The first-order valence-electron chi connectivity index (χ1n) is 10.1. The van der Waals surface area contributed by atoms with E-state index in [0.29, 0.717) is 5.13 Å². The van der Waals surface area contributed by atoms with Crippen LogP contribution in [0.2, 0.25) is 0 Å². The van der Waals surface area contributed by atoms with Gasteiger partial charge in [0.25, 0.3) is 0 Å². The molecule has 1 aliphatic carbocycles. The Bertz CT molecular complexity index is 1190. The summed E-state index contributed by atoms with van der Waals surface area (Å²) in [7, 11) is 0. The van der Waals surface area contributed by atoms with Gasteiger partial charge >= 0.3 is 0 Å². The number of amides is 1. The van der Waals surface area contributed by atoms with E-state index in [1.165, 1.54) is 11.3 Å². The molecule has 0 N–H and O–H groups in total. The van der Waals surface area contributed by atoms with Gasteiger partial charge in [0, 0.05) is 36.0 Å². The summed E-state index contributed by atoms with van der Waals surface area (Å²) in [6.45, 7) is 1.59. The van der Waals surface area contributed by atoms with E-state index in [0.717, 1.165) is 45.4 Å². The van der Waals surface area contributed by atoms with E-state index < -0.39 is 0 Å². The van der Waals surface area contributed by atoms with Gasteiger partial charge in [-0.05, 0) is 25.0 Å². The second-order valence-electron chi connectivity index (χ2n) is 7.41. The second-order valence-corrected chi connectivity index (χ2v) is 9.59. The first kappa shape index (κ1) is 20.0. The number of benzene rings is 2. The molecule has 0 aliphatic heterocycles.